The molecule has 1 aliphatic rings. The summed E-state index contributed by atoms with van der Waals surface area (Å²) in [5, 5.41) is 11.5. The van der Waals surface area contributed by atoms with Gasteiger partial charge < -0.3 is 4.74 Å². The maximum absolute atomic E-state index is 11.9. The van der Waals surface area contributed by atoms with Crippen LogP contribution in [0.15, 0.2) is 53.2 Å². The minimum Gasteiger partial charge on any atom is -0.402 e. The molecule has 3 rings (SSSR count). The van der Waals surface area contributed by atoms with Crippen molar-refractivity contribution in [2.75, 3.05) is 0 Å². The summed E-state index contributed by atoms with van der Waals surface area (Å²) < 4.78 is 5.08. The van der Waals surface area contributed by atoms with Gasteiger partial charge in [-0.3, -0.25) is 10.1 Å². The van der Waals surface area contributed by atoms with E-state index in [1.807, 2.05) is 0 Å². The molecule has 1 aliphatic heterocycles. The standard InChI is InChI=1S/C16H8Cl2N2O4/c17-11-4-1-9(2-5-11)7-13-16(21)24-15(19-13)10-3-6-12(18)14(8-10)20(22)23/h1-8H. The monoisotopic (exact) mass is 362 g/mol. The molecule has 0 radical (unpaired) electrons. The van der Waals surface area contributed by atoms with Crippen molar-refractivity contribution in [1.82, 2.24) is 0 Å². The second-order valence-electron chi connectivity index (χ2n) is 4.81. The Hall–Kier alpha value is -2.70. The highest BCUT2D eigenvalue weighted by molar-refractivity contribution is 6.32. The zero-order valence-corrected chi connectivity index (χ0v) is 13.4. The van der Waals surface area contributed by atoms with Crippen LogP contribution in [-0.2, 0) is 9.53 Å². The Morgan fingerprint density at radius 1 is 1.12 bits per heavy atom. The van der Waals surface area contributed by atoms with E-state index in [2.05, 4.69) is 4.99 Å². The van der Waals surface area contributed by atoms with Crippen molar-refractivity contribution in [2.24, 2.45) is 4.99 Å². The van der Waals surface area contributed by atoms with Crippen LogP contribution in [0.3, 0.4) is 0 Å². The Kier molecular flexibility index (Phi) is 4.33. The fourth-order valence-corrected chi connectivity index (χ4v) is 2.35. The zero-order valence-electron chi connectivity index (χ0n) is 11.9. The van der Waals surface area contributed by atoms with E-state index in [1.165, 1.54) is 24.3 Å². The van der Waals surface area contributed by atoms with Crippen LogP contribution >= 0.6 is 23.2 Å². The number of esters is 1. The SMILES string of the molecule is O=C1OC(c2ccc(Cl)c([N+](=O)[O-])c2)=NC1=Cc1ccc(Cl)cc1. The molecule has 0 unspecified atom stereocenters. The smallest absolute Gasteiger partial charge is 0.363 e. The predicted molar refractivity (Wildman–Crippen MR) is 90.2 cm³/mol. The van der Waals surface area contributed by atoms with Crippen molar-refractivity contribution < 1.29 is 14.5 Å². The number of nitro groups is 1. The molecule has 0 aromatic heterocycles. The van der Waals surface area contributed by atoms with E-state index in [1.54, 1.807) is 24.3 Å². The summed E-state index contributed by atoms with van der Waals surface area (Å²) in [4.78, 5) is 26.3. The van der Waals surface area contributed by atoms with Gasteiger partial charge >= 0.3 is 5.97 Å². The van der Waals surface area contributed by atoms with Crippen molar-refractivity contribution in [2.45, 2.75) is 0 Å². The number of hydrogen-bond donors (Lipinski definition) is 0. The van der Waals surface area contributed by atoms with Crippen LogP contribution in [0.5, 0.6) is 0 Å². The van der Waals surface area contributed by atoms with Crippen LogP contribution in [0.2, 0.25) is 10.0 Å². The van der Waals surface area contributed by atoms with Crippen LogP contribution in [0.4, 0.5) is 5.69 Å². The Balaban J connectivity index is 1.96. The Labute approximate surface area is 146 Å². The Morgan fingerprint density at radius 3 is 2.50 bits per heavy atom. The molecule has 2 aromatic carbocycles. The molecule has 6 nitrogen and oxygen atoms in total. The second-order valence-corrected chi connectivity index (χ2v) is 5.65. The van der Waals surface area contributed by atoms with Crippen molar-refractivity contribution in [3.05, 3.63) is 79.4 Å². The Morgan fingerprint density at radius 2 is 1.83 bits per heavy atom. The van der Waals surface area contributed by atoms with E-state index < -0.39 is 10.9 Å². The van der Waals surface area contributed by atoms with Gasteiger partial charge in [0, 0.05) is 16.7 Å². The third-order valence-electron chi connectivity index (χ3n) is 3.18. The molecular formula is C16H8Cl2N2O4. The quantitative estimate of drug-likeness (QED) is 0.353. The van der Waals surface area contributed by atoms with Crippen LogP contribution in [0, 0.1) is 10.1 Å². The number of rotatable bonds is 3. The number of benzene rings is 2. The van der Waals surface area contributed by atoms with Gasteiger partial charge in [0.15, 0.2) is 5.70 Å². The molecule has 0 amide bonds. The Bertz CT molecular complexity index is 905. The minimum atomic E-state index is -0.641. The number of hydrogen-bond acceptors (Lipinski definition) is 5. The van der Waals surface area contributed by atoms with Gasteiger partial charge in [-0.15, -0.1) is 0 Å². The van der Waals surface area contributed by atoms with Gasteiger partial charge in [0.2, 0.25) is 5.90 Å². The van der Waals surface area contributed by atoms with Crippen molar-refractivity contribution >= 4 is 46.8 Å². The summed E-state index contributed by atoms with van der Waals surface area (Å²) in [5.74, 6) is -0.655. The lowest BCUT2D eigenvalue weighted by Gasteiger charge is -2.00. The van der Waals surface area contributed by atoms with Crippen molar-refractivity contribution in [3.63, 3.8) is 0 Å². The lowest BCUT2D eigenvalue weighted by molar-refractivity contribution is -0.384. The number of carbonyl (C=O) groups is 1. The molecule has 0 spiro atoms. The first kappa shape index (κ1) is 16.2. The topological polar surface area (TPSA) is 81.8 Å². The first-order valence-corrected chi connectivity index (χ1v) is 7.42. The highest BCUT2D eigenvalue weighted by Gasteiger charge is 2.26. The van der Waals surface area contributed by atoms with E-state index >= 15 is 0 Å². The van der Waals surface area contributed by atoms with Crippen LogP contribution in [-0.4, -0.2) is 16.8 Å². The summed E-state index contributed by atoms with van der Waals surface area (Å²) >= 11 is 11.6. The number of cyclic esters (lactones) is 1. The average Bonchev–Trinajstić information content (AvgIpc) is 2.90. The maximum atomic E-state index is 11.9. The summed E-state index contributed by atoms with van der Waals surface area (Å²) in [5.41, 5.74) is 0.811. The van der Waals surface area contributed by atoms with Crippen molar-refractivity contribution in [1.29, 1.82) is 0 Å². The molecule has 120 valence electrons. The fraction of sp³-hybridized carbons (Fsp3) is 0. The van der Waals surface area contributed by atoms with Crippen LogP contribution in [0.1, 0.15) is 11.1 Å². The van der Waals surface area contributed by atoms with E-state index in [0.717, 1.165) is 5.56 Å². The maximum Gasteiger partial charge on any atom is 0.363 e. The average molecular weight is 363 g/mol. The van der Waals surface area contributed by atoms with Gasteiger partial charge in [-0.1, -0.05) is 35.3 Å². The van der Waals surface area contributed by atoms with E-state index in [0.29, 0.717) is 10.6 Å². The molecular weight excluding hydrogens is 355 g/mol. The largest absolute Gasteiger partial charge is 0.402 e. The summed E-state index contributed by atoms with van der Waals surface area (Å²) in [7, 11) is 0. The highest BCUT2D eigenvalue weighted by Crippen LogP contribution is 2.27. The minimum absolute atomic E-state index is 0.00870. The van der Waals surface area contributed by atoms with Gasteiger partial charge in [0.1, 0.15) is 5.02 Å². The first-order chi connectivity index (χ1) is 11.4. The highest BCUT2D eigenvalue weighted by atomic mass is 35.5. The van der Waals surface area contributed by atoms with Crippen LogP contribution in [0.25, 0.3) is 6.08 Å². The number of nitrogens with zero attached hydrogens (tertiary/aromatic N) is 2. The van der Waals surface area contributed by atoms with E-state index in [9.17, 15) is 14.9 Å². The number of nitro benzene ring substituents is 1. The second kappa shape index (κ2) is 6.43. The molecule has 2 aromatic rings. The van der Waals surface area contributed by atoms with Gasteiger partial charge in [0.05, 0.1) is 4.92 Å². The van der Waals surface area contributed by atoms with E-state index in [-0.39, 0.29) is 22.3 Å². The molecule has 0 saturated heterocycles. The molecule has 0 saturated carbocycles. The summed E-state index contributed by atoms with van der Waals surface area (Å²) in [6, 6.07) is 10.9. The molecule has 0 atom stereocenters. The molecule has 8 heteroatoms. The van der Waals surface area contributed by atoms with Crippen LogP contribution < -0.4 is 0 Å². The molecule has 0 bridgehead atoms. The van der Waals surface area contributed by atoms with Gasteiger partial charge in [-0.05, 0) is 35.9 Å². The number of carbonyl (C=O) groups excluding carboxylic acids is 1. The predicted octanol–water partition coefficient (Wildman–Crippen LogP) is 4.25. The fourth-order valence-electron chi connectivity index (χ4n) is 2.04. The number of ether oxygens (including phenoxy) is 1. The van der Waals surface area contributed by atoms with Gasteiger partial charge in [-0.25, -0.2) is 9.79 Å². The normalized spacial score (nSPS) is 15.3. The first-order valence-electron chi connectivity index (χ1n) is 6.66. The lowest BCUT2D eigenvalue weighted by Crippen LogP contribution is -2.06. The number of aliphatic imine (C=N–C) groups is 1. The molecule has 0 aliphatic carbocycles. The van der Waals surface area contributed by atoms with Crippen molar-refractivity contribution in [3.8, 4) is 0 Å². The third kappa shape index (κ3) is 3.29. The summed E-state index contributed by atoms with van der Waals surface area (Å²) in [6.45, 7) is 0. The van der Waals surface area contributed by atoms with E-state index in [4.69, 9.17) is 27.9 Å². The molecule has 24 heavy (non-hydrogen) atoms. The molecule has 1 heterocycles. The lowest BCUT2D eigenvalue weighted by atomic mass is 10.2. The molecule has 0 N–H and O–H groups in total. The summed E-state index contributed by atoms with van der Waals surface area (Å²) in [6.07, 6.45) is 1.54. The zero-order chi connectivity index (χ0) is 17.3. The number of halogens is 2. The van der Waals surface area contributed by atoms with Gasteiger partial charge in [-0.2, -0.15) is 0 Å². The third-order valence-corrected chi connectivity index (χ3v) is 3.76. The van der Waals surface area contributed by atoms with Gasteiger partial charge in [0.25, 0.3) is 5.69 Å². The molecule has 0 fully saturated rings.